The fraction of sp³-hybridized carbons (Fsp3) is 0.750. The number of esters is 1. The van der Waals surface area contributed by atoms with Gasteiger partial charge in [-0.3, -0.25) is 0 Å². The van der Waals surface area contributed by atoms with E-state index >= 15 is 0 Å². The van der Waals surface area contributed by atoms with Gasteiger partial charge in [-0.15, -0.1) is 0 Å². The molecule has 10 heteroatoms. The van der Waals surface area contributed by atoms with Gasteiger partial charge in [0.1, 0.15) is 6.61 Å². The second-order valence-electron chi connectivity index (χ2n) is 4.51. The van der Waals surface area contributed by atoms with Crippen LogP contribution in [-0.2, 0) is 29.6 Å². The highest BCUT2D eigenvalue weighted by molar-refractivity contribution is 7.89. The Bertz CT molecular complexity index is 583. The number of nitrogens with one attached hydrogen (secondary N) is 1. The molecule has 8 nitrogen and oxygen atoms in total. The fourth-order valence-corrected chi connectivity index (χ4v) is 3.06. The van der Waals surface area contributed by atoms with Gasteiger partial charge in [0.2, 0.25) is 20.0 Å². The van der Waals surface area contributed by atoms with Crippen LogP contribution >= 0.6 is 0 Å². The van der Waals surface area contributed by atoms with Gasteiger partial charge in [-0.2, -0.15) is 4.31 Å². The Hall–Kier alpha value is -0.970. The van der Waals surface area contributed by atoms with E-state index in [2.05, 4.69) is 11.3 Å². The Labute approximate surface area is 132 Å². The number of nitrogens with zero attached hydrogens (tertiary/aromatic N) is 1. The van der Waals surface area contributed by atoms with Gasteiger partial charge in [-0.1, -0.05) is 6.58 Å². The van der Waals surface area contributed by atoms with Gasteiger partial charge >= 0.3 is 5.97 Å². The first kappa shape index (κ1) is 21.0. The molecule has 0 aliphatic heterocycles. The van der Waals surface area contributed by atoms with Gasteiger partial charge in [0.05, 0.1) is 11.5 Å². The second-order valence-corrected chi connectivity index (χ2v) is 8.87. The molecule has 0 rings (SSSR count). The first-order valence-corrected chi connectivity index (χ1v) is 10.1. The molecule has 1 N–H and O–H groups in total. The third-order valence-electron chi connectivity index (χ3n) is 2.74. The van der Waals surface area contributed by atoms with Gasteiger partial charge in [0, 0.05) is 25.2 Å². The van der Waals surface area contributed by atoms with E-state index in [4.69, 9.17) is 4.74 Å². The first-order valence-electron chi connectivity index (χ1n) is 6.83. The highest BCUT2D eigenvalue weighted by Gasteiger charge is 2.20. The van der Waals surface area contributed by atoms with Crippen molar-refractivity contribution in [3.63, 3.8) is 0 Å². The molecular formula is C12H24N2O6S2. The van der Waals surface area contributed by atoms with Crippen molar-refractivity contribution < 1.29 is 26.4 Å². The monoisotopic (exact) mass is 356 g/mol. The summed E-state index contributed by atoms with van der Waals surface area (Å²) >= 11 is 0. The van der Waals surface area contributed by atoms with Crippen molar-refractivity contribution in [2.75, 3.05) is 37.7 Å². The predicted octanol–water partition coefficient (Wildman–Crippen LogP) is -0.303. The normalized spacial score (nSPS) is 12.4. The van der Waals surface area contributed by atoms with Crippen molar-refractivity contribution in [3.8, 4) is 0 Å². The standard InChI is InChI=1S/C12H24N2O6S2/c1-5-21(16,17)13-7-8-14(22(18,19)6-2)9-10-20-12(15)11(3)4/h13H,3,5-10H2,1-2,4H3. The van der Waals surface area contributed by atoms with Crippen molar-refractivity contribution >= 4 is 26.0 Å². The molecular weight excluding hydrogens is 332 g/mol. The minimum atomic E-state index is -3.52. The van der Waals surface area contributed by atoms with E-state index in [1.165, 1.54) is 20.8 Å². The average molecular weight is 356 g/mol. The van der Waals surface area contributed by atoms with E-state index in [0.29, 0.717) is 0 Å². The molecule has 0 fully saturated rings. The molecule has 0 aromatic rings. The quantitative estimate of drug-likeness (QED) is 0.402. The molecule has 0 aromatic carbocycles. The highest BCUT2D eigenvalue weighted by Crippen LogP contribution is 2.02. The Morgan fingerprint density at radius 3 is 2.18 bits per heavy atom. The van der Waals surface area contributed by atoms with Crippen LogP contribution in [0.4, 0.5) is 0 Å². The van der Waals surface area contributed by atoms with Crippen molar-refractivity contribution in [2.45, 2.75) is 20.8 Å². The smallest absolute Gasteiger partial charge is 0.333 e. The zero-order valence-corrected chi connectivity index (χ0v) is 14.8. The Balaban J connectivity index is 4.60. The van der Waals surface area contributed by atoms with Gasteiger partial charge < -0.3 is 4.74 Å². The Morgan fingerprint density at radius 2 is 1.73 bits per heavy atom. The zero-order valence-electron chi connectivity index (χ0n) is 13.2. The van der Waals surface area contributed by atoms with Crippen LogP contribution in [-0.4, -0.2) is 64.9 Å². The van der Waals surface area contributed by atoms with Crippen molar-refractivity contribution in [1.29, 1.82) is 0 Å². The van der Waals surface area contributed by atoms with Crippen LogP contribution in [0.5, 0.6) is 0 Å². The lowest BCUT2D eigenvalue weighted by molar-refractivity contribution is -0.139. The number of ether oxygens (including phenoxy) is 1. The molecule has 130 valence electrons. The zero-order chi connectivity index (χ0) is 17.4. The van der Waals surface area contributed by atoms with Crippen molar-refractivity contribution in [2.24, 2.45) is 0 Å². The summed E-state index contributed by atoms with van der Waals surface area (Å²) in [7, 11) is -6.90. The molecule has 0 radical (unpaired) electrons. The van der Waals surface area contributed by atoms with Crippen LogP contribution in [0.3, 0.4) is 0 Å². The van der Waals surface area contributed by atoms with E-state index < -0.39 is 26.0 Å². The van der Waals surface area contributed by atoms with Gasteiger partial charge in [-0.05, 0) is 20.8 Å². The maximum Gasteiger partial charge on any atom is 0.333 e. The maximum atomic E-state index is 11.9. The number of sulfonamides is 2. The summed E-state index contributed by atoms with van der Waals surface area (Å²) in [5, 5.41) is 0. The first-order chi connectivity index (χ1) is 10.1. The number of hydrogen-bond donors (Lipinski definition) is 1. The van der Waals surface area contributed by atoms with E-state index in [1.54, 1.807) is 0 Å². The van der Waals surface area contributed by atoms with Crippen molar-refractivity contribution in [3.05, 3.63) is 12.2 Å². The van der Waals surface area contributed by atoms with Crippen LogP contribution in [0, 0.1) is 0 Å². The summed E-state index contributed by atoms with van der Waals surface area (Å²) in [5.74, 6) is -0.799. The third-order valence-corrected chi connectivity index (χ3v) is 6.03. The molecule has 0 unspecified atom stereocenters. The molecule has 0 saturated carbocycles. The Morgan fingerprint density at radius 1 is 1.14 bits per heavy atom. The van der Waals surface area contributed by atoms with Gasteiger partial charge in [0.15, 0.2) is 0 Å². The van der Waals surface area contributed by atoms with E-state index in [0.717, 1.165) is 4.31 Å². The van der Waals surface area contributed by atoms with Crippen molar-refractivity contribution in [1.82, 2.24) is 9.03 Å². The summed E-state index contributed by atoms with van der Waals surface area (Å²) in [6.45, 7) is 7.66. The van der Waals surface area contributed by atoms with E-state index in [9.17, 15) is 21.6 Å². The lowest BCUT2D eigenvalue weighted by Crippen LogP contribution is -2.41. The summed E-state index contributed by atoms with van der Waals surface area (Å²) in [6, 6.07) is 0. The molecule has 22 heavy (non-hydrogen) atoms. The number of rotatable bonds is 11. The predicted molar refractivity (Wildman–Crippen MR) is 84.3 cm³/mol. The van der Waals surface area contributed by atoms with Gasteiger partial charge in [0.25, 0.3) is 0 Å². The molecule has 0 aliphatic rings. The molecule has 0 atom stereocenters. The summed E-state index contributed by atoms with van der Waals surface area (Å²) in [5.41, 5.74) is 0.223. The summed E-state index contributed by atoms with van der Waals surface area (Å²) in [4.78, 5) is 11.2. The molecule has 0 saturated heterocycles. The van der Waals surface area contributed by atoms with Crippen LogP contribution in [0.15, 0.2) is 12.2 Å². The molecule has 0 aliphatic carbocycles. The minimum Gasteiger partial charge on any atom is -0.461 e. The number of hydrogen-bond acceptors (Lipinski definition) is 6. The van der Waals surface area contributed by atoms with Crippen LogP contribution in [0.1, 0.15) is 20.8 Å². The van der Waals surface area contributed by atoms with E-state index in [-0.39, 0.29) is 43.3 Å². The minimum absolute atomic E-state index is 0.0278. The van der Waals surface area contributed by atoms with Crippen LogP contribution in [0.2, 0.25) is 0 Å². The molecule has 0 amide bonds. The van der Waals surface area contributed by atoms with Crippen LogP contribution in [0.25, 0.3) is 0 Å². The number of carbonyl (C=O) groups is 1. The molecule has 0 spiro atoms. The number of carbonyl (C=O) groups excluding carboxylic acids is 1. The fourth-order valence-electron chi connectivity index (χ4n) is 1.36. The van der Waals surface area contributed by atoms with E-state index in [1.807, 2.05) is 0 Å². The maximum absolute atomic E-state index is 11.9. The molecule has 0 heterocycles. The second kappa shape index (κ2) is 9.23. The lowest BCUT2D eigenvalue weighted by atomic mass is 10.4. The average Bonchev–Trinajstić information content (AvgIpc) is 2.45. The lowest BCUT2D eigenvalue weighted by Gasteiger charge is -2.21. The molecule has 0 aromatic heterocycles. The van der Waals surface area contributed by atoms with Gasteiger partial charge in [-0.25, -0.2) is 26.4 Å². The molecule has 0 bridgehead atoms. The Kier molecular flexibility index (Phi) is 8.83. The third kappa shape index (κ3) is 7.87. The van der Waals surface area contributed by atoms with Crippen LogP contribution < -0.4 is 4.72 Å². The largest absolute Gasteiger partial charge is 0.461 e. The SMILES string of the molecule is C=C(C)C(=O)OCCN(CCNS(=O)(=O)CC)S(=O)(=O)CC. The summed E-state index contributed by atoms with van der Waals surface area (Å²) in [6.07, 6.45) is 0. The highest BCUT2D eigenvalue weighted by atomic mass is 32.2. The summed E-state index contributed by atoms with van der Waals surface area (Å²) < 4.78 is 54.7. The topological polar surface area (TPSA) is 110 Å².